The van der Waals surface area contributed by atoms with Gasteiger partial charge in [0.15, 0.2) is 5.96 Å². The maximum absolute atomic E-state index is 12.1. The van der Waals surface area contributed by atoms with Crippen LogP contribution < -0.4 is 16.0 Å². The second-order valence-electron chi connectivity index (χ2n) is 7.22. The van der Waals surface area contributed by atoms with E-state index in [1.807, 2.05) is 6.92 Å². The number of carbonyl (C=O) groups excluding carboxylic acids is 1. The number of phenolic OH excluding ortho intramolecular Hbond substituents is 1. The summed E-state index contributed by atoms with van der Waals surface area (Å²) < 4.78 is 0. The topological polar surface area (TPSA) is 89.0 Å². The van der Waals surface area contributed by atoms with Crippen LogP contribution in [0.4, 0.5) is 0 Å². The van der Waals surface area contributed by atoms with Gasteiger partial charge in [-0.05, 0) is 44.7 Å². The molecule has 0 unspecified atom stereocenters. The Morgan fingerprint density at radius 1 is 1.19 bits per heavy atom. The van der Waals surface area contributed by atoms with Crippen LogP contribution in [-0.4, -0.2) is 66.7 Å². The molecule has 3 rings (SSSR count). The summed E-state index contributed by atoms with van der Waals surface area (Å²) >= 11 is 0. The van der Waals surface area contributed by atoms with E-state index in [1.54, 1.807) is 18.2 Å². The molecule has 148 valence electrons. The van der Waals surface area contributed by atoms with Crippen molar-refractivity contribution >= 4 is 11.9 Å². The number of aliphatic imine (C=N–C) groups is 1. The zero-order chi connectivity index (χ0) is 19.1. The van der Waals surface area contributed by atoms with Gasteiger partial charge in [0.2, 0.25) is 0 Å². The minimum absolute atomic E-state index is 0.00829. The Morgan fingerprint density at radius 2 is 1.93 bits per heavy atom. The van der Waals surface area contributed by atoms with Gasteiger partial charge < -0.3 is 26.0 Å². The minimum Gasteiger partial charge on any atom is -0.507 e. The first-order valence-electron chi connectivity index (χ1n) is 10.0. The van der Waals surface area contributed by atoms with Crippen LogP contribution in [0.5, 0.6) is 5.75 Å². The molecule has 2 fully saturated rings. The molecule has 7 nitrogen and oxygen atoms in total. The minimum atomic E-state index is -0.284. The van der Waals surface area contributed by atoms with E-state index in [0.717, 1.165) is 31.4 Å². The molecular formula is C20H31N5O2. The molecule has 0 aromatic heterocycles. The molecule has 1 heterocycles. The highest BCUT2D eigenvalue weighted by atomic mass is 16.3. The number of benzene rings is 1. The molecule has 0 spiro atoms. The number of hydrogen-bond acceptors (Lipinski definition) is 4. The lowest BCUT2D eigenvalue weighted by atomic mass is 10.1. The van der Waals surface area contributed by atoms with Crippen molar-refractivity contribution in [1.82, 2.24) is 20.9 Å². The molecule has 7 heteroatoms. The lowest BCUT2D eigenvalue weighted by Crippen LogP contribution is -2.49. The number of phenols is 1. The average molecular weight is 374 g/mol. The highest BCUT2D eigenvalue weighted by molar-refractivity contribution is 5.96. The molecule has 1 saturated carbocycles. The first-order chi connectivity index (χ1) is 13.2. The molecule has 4 N–H and O–H groups in total. The number of rotatable bonds is 7. The van der Waals surface area contributed by atoms with Gasteiger partial charge in [-0.25, -0.2) is 0 Å². The molecule has 0 radical (unpaired) electrons. The van der Waals surface area contributed by atoms with Crippen molar-refractivity contribution < 1.29 is 9.90 Å². The van der Waals surface area contributed by atoms with Gasteiger partial charge in [0.05, 0.1) is 12.1 Å². The van der Waals surface area contributed by atoms with E-state index >= 15 is 0 Å². The molecule has 0 atom stereocenters. The van der Waals surface area contributed by atoms with Crippen molar-refractivity contribution in [3.8, 4) is 5.75 Å². The van der Waals surface area contributed by atoms with Gasteiger partial charge in [0.1, 0.15) is 5.75 Å². The van der Waals surface area contributed by atoms with Crippen LogP contribution in [0.1, 0.15) is 43.0 Å². The summed E-state index contributed by atoms with van der Waals surface area (Å²) in [7, 11) is 0. The third-order valence-corrected chi connectivity index (χ3v) is 5.09. The van der Waals surface area contributed by atoms with E-state index in [-0.39, 0.29) is 17.2 Å². The van der Waals surface area contributed by atoms with Crippen LogP contribution in [0.25, 0.3) is 0 Å². The zero-order valence-electron chi connectivity index (χ0n) is 16.1. The van der Waals surface area contributed by atoms with Crippen molar-refractivity contribution in [3.63, 3.8) is 0 Å². The van der Waals surface area contributed by atoms with E-state index in [9.17, 15) is 9.90 Å². The predicted octanol–water partition coefficient (Wildman–Crippen LogP) is 1.30. The fourth-order valence-corrected chi connectivity index (χ4v) is 3.46. The number of likely N-dealkylation sites (tertiary alicyclic amines) is 1. The van der Waals surface area contributed by atoms with Gasteiger partial charge in [-0.3, -0.25) is 9.79 Å². The van der Waals surface area contributed by atoms with Gasteiger partial charge >= 0.3 is 0 Å². The Labute approximate surface area is 161 Å². The van der Waals surface area contributed by atoms with E-state index in [0.29, 0.717) is 19.1 Å². The fraction of sp³-hybridized carbons (Fsp3) is 0.600. The van der Waals surface area contributed by atoms with Crippen LogP contribution in [0.3, 0.4) is 0 Å². The number of amides is 1. The number of para-hydroxylation sites is 1. The number of carbonyl (C=O) groups is 1. The molecular weight excluding hydrogens is 342 g/mol. The summed E-state index contributed by atoms with van der Waals surface area (Å²) in [6, 6.07) is 7.84. The Balaban J connectivity index is 1.42. The van der Waals surface area contributed by atoms with Crippen LogP contribution in [-0.2, 0) is 0 Å². The van der Waals surface area contributed by atoms with Gasteiger partial charge in [0.25, 0.3) is 5.91 Å². The number of hydrogen-bond donors (Lipinski definition) is 4. The van der Waals surface area contributed by atoms with Gasteiger partial charge in [0, 0.05) is 38.3 Å². The number of piperidine rings is 1. The Bertz CT molecular complexity index is 652. The normalized spacial score (nSPS) is 18.9. The Kier molecular flexibility index (Phi) is 6.92. The van der Waals surface area contributed by atoms with Gasteiger partial charge in [-0.15, -0.1) is 0 Å². The summed E-state index contributed by atoms with van der Waals surface area (Å²) in [4.78, 5) is 19.3. The lowest BCUT2D eigenvalue weighted by Gasteiger charge is -2.33. The SMILES string of the molecule is CCNC(=NCCNC(=O)c1ccccc1O)NC1CCN(C2CC2)CC1. The quantitative estimate of drug-likeness (QED) is 0.329. The summed E-state index contributed by atoms with van der Waals surface area (Å²) in [5, 5.41) is 19.3. The van der Waals surface area contributed by atoms with Crippen LogP contribution in [0.15, 0.2) is 29.3 Å². The number of nitrogens with zero attached hydrogens (tertiary/aromatic N) is 2. The standard InChI is InChI=1S/C20H31N5O2/c1-2-21-20(24-15-9-13-25(14-10-15)16-7-8-16)23-12-11-22-19(27)17-5-3-4-6-18(17)26/h3-6,15-16,26H,2,7-14H2,1H3,(H,22,27)(H2,21,23,24). The molecule has 27 heavy (non-hydrogen) atoms. The fourth-order valence-electron chi connectivity index (χ4n) is 3.46. The molecule has 0 bridgehead atoms. The predicted molar refractivity (Wildman–Crippen MR) is 107 cm³/mol. The van der Waals surface area contributed by atoms with E-state index in [4.69, 9.17) is 0 Å². The molecule has 1 saturated heterocycles. The van der Waals surface area contributed by atoms with Crippen molar-refractivity contribution in [2.45, 2.75) is 44.7 Å². The van der Waals surface area contributed by atoms with E-state index < -0.39 is 0 Å². The summed E-state index contributed by atoms with van der Waals surface area (Å²) in [6.45, 7) is 6.08. The maximum Gasteiger partial charge on any atom is 0.255 e. The number of aromatic hydroxyl groups is 1. The van der Waals surface area contributed by atoms with Crippen LogP contribution in [0.2, 0.25) is 0 Å². The third-order valence-electron chi connectivity index (χ3n) is 5.09. The second kappa shape index (κ2) is 9.60. The first kappa shape index (κ1) is 19.5. The monoisotopic (exact) mass is 373 g/mol. The largest absolute Gasteiger partial charge is 0.507 e. The highest BCUT2D eigenvalue weighted by Gasteiger charge is 2.31. The maximum atomic E-state index is 12.1. The first-order valence-corrected chi connectivity index (χ1v) is 10.0. The van der Waals surface area contributed by atoms with Gasteiger partial charge in [-0.1, -0.05) is 12.1 Å². The molecule has 1 aromatic rings. The van der Waals surface area contributed by atoms with Crippen molar-refractivity contribution in [2.24, 2.45) is 4.99 Å². The molecule has 1 aliphatic carbocycles. The van der Waals surface area contributed by atoms with E-state index in [1.165, 1.54) is 32.0 Å². The lowest BCUT2D eigenvalue weighted by molar-refractivity contribution is 0.0952. The van der Waals surface area contributed by atoms with Crippen molar-refractivity contribution in [2.75, 3.05) is 32.7 Å². The average Bonchev–Trinajstić information content (AvgIpc) is 3.51. The molecule has 1 aliphatic heterocycles. The highest BCUT2D eigenvalue weighted by Crippen LogP contribution is 2.29. The third kappa shape index (κ3) is 5.85. The molecule has 2 aliphatic rings. The number of nitrogens with one attached hydrogen (secondary N) is 3. The molecule has 1 aromatic carbocycles. The van der Waals surface area contributed by atoms with Gasteiger partial charge in [-0.2, -0.15) is 0 Å². The number of guanidine groups is 1. The zero-order valence-corrected chi connectivity index (χ0v) is 16.1. The van der Waals surface area contributed by atoms with Crippen LogP contribution >= 0.6 is 0 Å². The summed E-state index contributed by atoms with van der Waals surface area (Å²) in [5.41, 5.74) is 0.286. The summed E-state index contributed by atoms with van der Waals surface area (Å²) in [6.07, 6.45) is 5.03. The Morgan fingerprint density at radius 3 is 2.59 bits per heavy atom. The molecule has 1 amide bonds. The van der Waals surface area contributed by atoms with Crippen molar-refractivity contribution in [1.29, 1.82) is 0 Å². The summed E-state index contributed by atoms with van der Waals surface area (Å²) in [5.74, 6) is 0.513. The smallest absolute Gasteiger partial charge is 0.255 e. The Hall–Kier alpha value is -2.28. The van der Waals surface area contributed by atoms with Crippen molar-refractivity contribution in [3.05, 3.63) is 29.8 Å². The second-order valence-corrected chi connectivity index (χ2v) is 7.22. The van der Waals surface area contributed by atoms with E-state index in [2.05, 4.69) is 25.8 Å². The van der Waals surface area contributed by atoms with Crippen LogP contribution in [0, 0.1) is 0 Å².